The van der Waals surface area contributed by atoms with Crippen LogP contribution in [0.1, 0.15) is 98.6 Å². The summed E-state index contributed by atoms with van der Waals surface area (Å²) in [6.45, 7) is 14.3. The van der Waals surface area contributed by atoms with Gasteiger partial charge in [-0.2, -0.15) is 0 Å². The molecule has 0 bridgehead atoms. The van der Waals surface area contributed by atoms with E-state index >= 15 is 0 Å². The van der Waals surface area contributed by atoms with Gasteiger partial charge in [0.1, 0.15) is 12.4 Å². The molecule has 7 nitrogen and oxygen atoms in total. The molecule has 8 heteroatoms. The highest BCUT2D eigenvalue weighted by atomic mass is 19.3. The number of unbranched alkanes of at least 4 members (excludes halogenated alkanes) is 1. The third kappa shape index (κ3) is 8.45. The van der Waals surface area contributed by atoms with Crippen LogP contribution in [0.15, 0.2) is 30.3 Å². The van der Waals surface area contributed by atoms with Crippen molar-refractivity contribution in [3.8, 4) is 11.5 Å². The Kier molecular flexibility index (Phi) is 13.1. The SMILES string of the molecule is CC.CC(=O)c1cc(C(=O)N2Cc3ccc(OCCN4CCCCC4)cc3C2)c(N)cc1OF.CCCC. The van der Waals surface area contributed by atoms with Crippen molar-refractivity contribution in [1.29, 1.82) is 0 Å². The minimum absolute atomic E-state index is 0.0221. The van der Waals surface area contributed by atoms with Crippen molar-refractivity contribution in [1.82, 2.24) is 9.80 Å². The van der Waals surface area contributed by atoms with Crippen LogP contribution in [0.3, 0.4) is 0 Å². The lowest BCUT2D eigenvalue weighted by Gasteiger charge is -2.26. The predicted octanol–water partition coefficient (Wildman–Crippen LogP) is 6.59. The van der Waals surface area contributed by atoms with Gasteiger partial charge >= 0.3 is 0 Å². The number of hydrogen-bond donors (Lipinski definition) is 1. The molecule has 0 saturated carbocycles. The molecule has 0 unspecified atom stereocenters. The first-order valence-electron chi connectivity index (χ1n) is 13.9. The maximum Gasteiger partial charge on any atom is 0.256 e. The second-order valence-electron chi connectivity index (χ2n) is 9.41. The monoisotopic (exact) mass is 529 g/mol. The van der Waals surface area contributed by atoms with Crippen LogP contribution >= 0.6 is 0 Å². The van der Waals surface area contributed by atoms with Gasteiger partial charge in [0.15, 0.2) is 11.5 Å². The molecule has 4 rings (SSSR count). The van der Waals surface area contributed by atoms with Gasteiger partial charge in [-0.15, -0.1) is 0 Å². The minimum atomic E-state index is -0.414. The van der Waals surface area contributed by atoms with E-state index in [4.69, 9.17) is 10.5 Å². The summed E-state index contributed by atoms with van der Waals surface area (Å²) >= 11 is 0. The average Bonchev–Trinajstić information content (AvgIpc) is 3.38. The number of amides is 1. The molecule has 2 heterocycles. The number of nitrogens with two attached hydrogens (primary N) is 1. The van der Waals surface area contributed by atoms with Crippen molar-refractivity contribution in [3.05, 3.63) is 52.6 Å². The Hall–Kier alpha value is -3.13. The van der Waals surface area contributed by atoms with Crippen LogP contribution in [0.2, 0.25) is 0 Å². The minimum Gasteiger partial charge on any atom is -0.492 e. The molecule has 2 aromatic rings. The zero-order valence-electron chi connectivity index (χ0n) is 23.6. The van der Waals surface area contributed by atoms with Gasteiger partial charge in [0.05, 0.1) is 11.1 Å². The van der Waals surface area contributed by atoms with Crippen LogP contribution in [0.25, 0.3) is 0 Å². The number of ketones is 1. The number of piperidine rings is 1. The van der Waals surface area contributed by atoms with E-state index in [1.165, 1.54) is 51.2 Å². The zero-order valence-corrected chi connectivity index (χ0v) is 23.6. The van der Waals surface area contributed by atoms with Crippen LogP contribution in [-0.4, -0.2) is 47.7 Å². The van der Waals surface area contributed by atoms with E-state index in [-0.39, 0.29) is 28.5 Å². The second kappa shape index (κ2) is 16.0. The number of anilines is 1. The number of carbonyl (C=O) groups excluding carboxylic acids is 2. The molecule has 210 valence electrons. The summed E-state index contributed by atoms with van der Waals surface area (Å²) in [4.78, 5) is 32.7. The molecule has 1 fully saturated rings. The fourth-order valence-corrected chi connectivity index (χ4v) is 4.37. The molecule has 0 aliphatic carbocycles. The Morgan fingerprint density at radius 1 is 0.947 bits per heavy atom. The molecule has 0 radical (unpaired) electrons. The van der Waals surface area contributed by atoms with E-state index in [1.807, 2.05) is 32.0 Å². The van der Waals surface area contributed by atoms with Gasteiger partial charge < -0.3 is 15.4 Å². The predicted molar refractivity (Wildman–Crippen MR) is 150 cm³/mol. The van der Waals surface area contributed by atoms with Crippen LogP contribution in [-0.2, 0) is 13.1 Å². The molecule has 0 aromatic heterocycles. The molecule has 1 saturated heterocycles. The molecular formula is C30H44FN3O4. The van der Waals surface area contributed by atoms with Gasteiger partial charge in [0, 0.05) is 35.9 Å². The van der Waals surface area contributed by atoms with Crippen molar-refractivity contribution in [2.24, 2.45) is 0 Å². The maximum absolute atomic E-state index is 13.1. The van der Waals surface area contributed by atoms with Gasteiger partial charge in [0.25, 0.3) is 5.91 Å². The summed E-state index contributed by atoms with van der Waals surface area (Å²) in [5, 5.41) is 0. The number of halogens is 1. The van der Waals surface area contributed by atoms with Crippen molar-refractivity contribution in [2.75, 3.05) is 32.0 Å². The maximum atomic E-state index is 13.1. The fraction of sp³-hybridized carbons (Fsp3) is 0.533. The van der Waals surface area contributed by atoms with Gasteiger partial charge in [-0.05, 0) is 62.2 Å². The molecule has 2 aromatic carbocycles. The third-order valence-corrected chi connectivity index (χ3v) is 6.66. The van der Waals surface area contributed by atoms with Gasteiger partial charge in [-0.25, -0.2) is 0 Å². The number of hydrogen-bond acceptors (Lipinski definition) is 6. The normalized spacial score (nSPS) is 14.4. The van der Waals surface area contributed by atoms with E-state index in [1.54, 1.807) is 4.90 Å². The third-order valence-electron chi connectivity index (χ3n) is 6.66. The average molecular weight is 530 g/mol. The molecular weight excluding hydrogens is 485 g/mol. The van der Waals surface area contributed by atoms with E-state index < -0.39 is 5.78 Å². The Morgan fingerprint density at radius 2 is 1.61 bits per heavy atom. The molecule has 2 aliphatic rings. The van der Waals surface area contributed by atoms with E-state index in [9.17, 15) is 14.1 Å². The Balaban J connectivity index is 0.000000773. The first-order chi connectivity index (χ1) is 18.4. The van der Waals surface area contributed by atoms with Gasteiger partial charge in [0.2, 0.25) is 0 Å². The molecule has 0 atom stereocenters. The summed E-state index contributed by atoms with van der Waals surface area (Å²) < 4.78 is 18.7. The van der Waals surface area contributed by atoms with Crippen molar-refractivity contribution < 1.29 is 23.8 Å². The summed E-state index contributed by atoms with van der Waals surface area (Å²) in [6, 6.07) is 8.35. The van der Waals surface area contributed by atoms with Crippen molar-refractivity contribution >= 4 is 17.4 Å². The standard InChI is InChI=1S/C24H28FN3O4.C4H10.C2H6/c1-16(29)20-12-21(22(26)13-23(20)32-25)24(30)28-14-17-5-6-19(11-18(17)15-28)31-10-9-27-7-3-2-4-8-27;1-3-4-2;1-2/h5-6,11-13H,2-4,7-10,14-15,26H2,1H3;3-4H2,1-2H3;1-2H3. The molecule has 0 spiro atoms. The molecule has 1 amide bonds. The molecule has 2 N–H and O–H groups in total. The quantitative estimate of drug-likeness (QED) is 0.307. The number of nitrogens with zero attached hydrogens (tertiary/aromatic N) is 2. The first kappa shape index (κ1) is 31.1. The highest BCUT2D eigenvalue weighted by Crippen LogP contribution is 2.31. The van der Waals surface area contributed by atoms with Crippen LogP contribution in [0, 0.1) is 0 Å². The Bertz CT molecular complexity index is 1050. The number of carbonyl (C=O) groups is 2. The highest BCUT2D eigenvalue weighted by molar-refractivity contribution is 6.04. The lowest BCUT2D eigenvalue weighted by Crippen LogP contribution is -2.33. The fourth-order valence-electron chi connectivity index (χ4n) is 4.37. The van der Waals surface area contributed by atoms with Gasteiger partial charge in [-0.3, -0.25) is 19.4 Å². The smallest absolute Gasteiger partial charge is 0.256 e. The summed E-state index contributed by atoms with van der Waals surface area (Å²) in [7, 11) is 0. The number of nitrogen functional groups attached to an aromatic ring is 1. The Morgan fingerprint density at radius 3 is 2.21 bits per heavy atom. The second-order valence-corrected chi connectivity index (χ2v) is 9.41. The van der Waals surface area contributed by atoms with Crippen molar-refractivity contribution in [3.63, 3.8) is 0 Å². The van der Waals surface area contributed by atoms with E-state index in [0.29, 0.717) is 19.7 Å². The van der Waals surface area contributed by atoms with E-state index in [0.717, 1.165) is 36.5 Å². The van der Waals surface area contributed by atoms with Crippen molar-refractivity contribution in [2.45, 2.75) is 79.8 Å². The number of benzene rings is 2. The summed E-state index contributed by atoms with van der Waals surface area (Å²) in [5.41, 5.74) is 8.20. The Labute approximate surface area is 227 Å². The molecule has 38 heavy (non-hydrogen) atoms. The lowest BCUT2D eigenvalue weighted by atomic mass is 10.0. The van der Waals surface area contributed by atoms with Crippen LogP contribution in [0.4, 0.5) is 10.2 Å². The summed E-state index contributed by atoms with van der Waals surface area (Å²) in [6.07, 6.45) is 6.46. The summed E-state index contributed by atoms with van der Waals surface area (Å²) in [5.74, 6) is -0.234. The highest BCUT2D eigenvalue weighted by Gasteiger charge is 2.27. The van der Waals surface area contributed by atoms with Gasteiger partial charge in [-0.1, -0.05) is 53.0 Å². The lowest BCUT2D eigenvalue weighted by molar-refractivity contribution is -0.00698. The van der Waals surface area contributed by atoms with Crippen LogP contribution in [0.5, 0.6) is 11.5 Å². The largest absolute Gasteiger partial charge is 0.492 e. The first-order valence-corrected chi connectivity index (χ1v) is 13.9. The number of likely N-dealkylation sites (tertiary alicyclic amines) is 1. The number of rotatable bonds is 8. The molecule has 2 aliphatic heterocycles. The number of Topliss-reactive ketones (excluding diaryl/α,β-unsaturated/α-hetero) is 1. The number of ether oxygens (including phenoxy) is 1. The zero-order chi connectivity index (χ0) is 28.1. The number of fused-ring (bicyclic) bond motifs is 1. The van der Waals surface area contributed by atoms with Crippen LogP contribution < -0.4 is 15.4 Å². The van der Waals surface area contributed by atoms with E-state index in [2.05, 4.69) is 23.7 Å². The topological polar surface area (TPSA) is 85.1 Å².